The monoisotopic (exact) mass is 328 g/mol. The molecule has 0 spiro atoms. The van der Waals surface area contributed by atoms with Gasteiger partial charge in [0.2, 0.25) is 0 Å². The number of nitrogens with one attached hydrogen (secondary N) is 1. The Balaban J connectivity index is 2.86. The van der Waals surface area contributed by atoms with Crippen LogP contribution in [0.1, 0.15) is 29.3 Å². The Labute approximate surface area is 131 Å². The highest BCUT2D eigenvalue weighted by molar-refractivity contribution is 5.96. The van der Waals surface area contributed by atoms with Gasteiger partial charge < -0.3 is 10.1 Å². The third kappa shape index (κ3) is 5.29. The van der Waals surface area contributed by atoms with Crippen molar-refractivity contribution in [1.29, 1.82) is 5.26 Å². The van der Waals surface area contributed by atoms with E-state index < -0.39 is 35.6 Å². The summed E-state index contributed by atoms with van der Waals surface area (Å²) in [5.74, 6) is -1.96. The Hall–Kier alpha value is -2.56. The maximum atomic E-state index is 12.5. The SMILES string of the molecule is COC(=O)[C@@H](C[C@@H](C)C#N)NC(=O)c1ccc(C(F)(F)F)cc1. The summed E-state index contributed by atoms with van der Waals surface area (Å²) in [5, 5.41) is 11.1. The number of benzene rings is 1. The van der Waals surface area contributed by atoms with E-state index in [0.29, 0.717) is 0 Å². The van der Waals surface area contributed by atoms with E-state index in [-0.39, 0.29) is 12.0 Å². The molecule has 8 heteroatoms. The van der Waals surface area contributed by atoms with Crippen LogP contribution in [-0.4, -0.2) is 25.0 Å². The second-order valence-corrected chi connectivity index (χ2v) is 4.89. The molecule has 2 atom stereocenters. The van der Waals surface area contributed by atoms with Gasteiger partial charge >= 0.3 is 12.1 Å². The smallest absolute Gasteiger partial charge is 0.416 e. The van der Waals surface area contributed by atoms with E-state index in [4.69, 9.17) is 5.26 Å². The summed E-state index contributed by atoms with van der Waals surface area (Å²) < 4.78 is 42.0. The van der Waals surface area contributed by atoms with Crippen molar-refractivity contribution in [3.8, 4) is 6.07 Å². The van der Waals surface area contributed by atoms with Gasteiger partial charge in [-0.3, -0.25) is 4.79 Å². The van der Waals surface area contributed by atoms with E-state index >= 15 is 0 Å². The number of hydrogen-bond acceptors (Lipinski definition) is 4. The van der Waals surface area contributed by atoms with Crippen LogP contribution in [0.2, 0.25) is 0 Å². The van der Waals surface area contributed by atoms with Crippen LogP contribution in [0.3, 0.4) is 0 Å². The number of alkyl halides is 3. The second kappa shape index (κ2) is 7.63. The molecule has 0 saturated heterocycles. The van der Waals surface area contributed by atoms with Gasteiger partial charge in [-0.25, -0.2) is 4.79 Å². The van der Waals surface area contributed by atoms with Crippen molar-refractivity contribution in [2.75, 3.05) is 7.11 Å². The molecule has 0 aromatic heterocycles. The predicted molar refractivity (Wildman–Crippen MR) is 74.1 cm³/mol. The van der Waals surface area contributed by atoms with Crippen LogP contribution in [0.5, 0.6) is 0 Å². The van der Waals surface area contributed by atoms with Crippen LogP contribution in [0.25, 0.3) is 0 Å². The molecule has 0 heterocycles. The van der Waals surface area contributed by atoms with Gasteiger partial charge in [0.05, 0.1) is 18.7 Å². The summed E-state index contributed by atoms with van der Waals surface area (Å²) in [7, 11) is 1.14. The zero-order valence-corrected chi connectivity index (χ0v) is 12.5. The van der Waals surface area contributed by atoms with Crippen molar-refractivity contribution in [2.45, 2.75) is 25.6 Å². The maximum Gasteiger partial charge on any atom is 0.416 e. The number of methoxy groups -OCH3 is 1. The highest BCUT2D eigenvalue weighted by atomic mass is 19.4. The first kappa shape index (κ1) is 18.5. The molecule has 124 valence electrons. The summed E-state index contributed by atoms with van der Waals surface area (Å²) in [4.78, 5) is 23.6. The Kier molecular flexibility index (Phi) is 6.13. The predicted octanol–water partition coefficient (Wildman–Crippen LogP) is 2.53. The van der Waals surface area contributed by atoms with Gasteiger partial charge in [-0.2, -0.15) is 18.4 Å². The van der Waals surface area contributed by atoms with Crippen LogP contribution in [0.4, 0.5) is 13.2 Å². The minimum Gasteiger partial charge on any atom is -0.467 e. The number of carbonyl (C=O) groups is 2. The molecule has 5 nitrogen and oxygen atoms in total. The molecule has 1 rings (SSSR count). The van der Waals surface area contributed by atoms with Crippen LogP contribution < -0.4 is 5.32 Å². The zero-order chi connectivity index (χ0) is 17.6. The minimum atomic E-state index is -4.49. The number of carbonyl (C=O) groups excluding carboxylic acids is 2. The molecule has 0 aliphatic heterocycles. The Morgan fingerprint density at radius 2 is 1.87 bits per heavy atom. The van der Waals surface area contributed by atoms with E-state index in [0.717, 1.165) is 31.4 Å². The average molecular weight is 328 g/mol. The normalized spacial score (nSPS) is 13.6. The number of esters is 1. The topological polar surface area (TPSA) is 79.2 Å². The fourth-order valence-electron chi connectivity index (χ4n) is 1.81. The summed E-state index contributed by atoms with van der Waals surface area (Å²) in [6, 6.07) is 4.46. The van der Waals surface area contributed by atoms with E-state index in [2.05, 4.69) is 10.1 Å². The molecule has 0 radical (unpaired) electrons. The number of rotatable bonds is 5. The molecule has 0 saturated carbocycles. The summed E-state index contributed by atoms with van der Waals surface area (Å²) in [6.07, 6.45) is -4.46. The second-order valence-electron chi connectivity index (χ2n) is 4.89. The number of hydrogen-bond donors (Lipinski definition) is 1. The fourth-order valence-corrected chi connectivity index (χ4v) is 1.81. The average Bonchev–Trinajstić information content (AvgIpc) is 2.52. The standard InChI is InChI=1S/C15H15F3N2O3/c1-9(8-19)7-12(14(22)23-2)20-13(21)10-3-5-11(6-4-10)15(16,17)18/h3-6,9,12H,7H2,1-2H3,(H,20,21)/t9-,12-/m1/s1. The molecule has 1 aromatic carbocycles. The van der Waals surface area contributed by atoms with Crippen molar-refractivity contribution in [2.24, 2.45) is 5.92 Å². The largest absolute Gasteiger partial charge is 0.467 e. The lowest BCUT2D eigenvalue weighted by Crippen LogP contribution is -2.42. The molecule has 1 aromatic rings. The minimum absolute atomic E-state index is 0.0310. The Morgan fingerprint density at radius 3 is 2.30 bits per heavy atom. The highest BCUT2D eigenvalue weighted by Gasteiger charge is 2.30. The van der Waals surface area contributed by atoms with Gasteiger partial charge in [0, 0.05) is 11.5 Å². The third-order valence-corrected chi connectivity index (χ3v) is 3.08. The van der Waals surface area contributed by atoms with Gasteiger partial charge in [0.1, 0.15) is 6.04 Å². The Morgan fingerprint density at radius 1 is 1.30 bits per heavy atom. The number of halogens is 3. The Bertz CT molecular complexity index is 606. The lowest BCUT2D eigenvalue weighted by molar-refractivity contribution is -0.143. The fraction of sp³-hybridized carbons (Fsp3) is 0.400. The first-order chi connectivity index (χ1) is 10.7. The van der Waals surface area contributed by atoms with E-state index in [9.17, 15) is 22.8 Å². The molecule has 0 unspecified atom stereocenters. The van der Waals surface area contributed by atoms with Crippen molar-refractivity contribution in [3.63, 3.8) is 0 Å². The maximum absolute atomic E-state index is 12.5. The van der Waals surface area contributed by atoms with E-state index in [1.807, 2.05) is 6.07 Å². The van der Waals surface area contributed by atoms with Gasteiger partial charge in [0.15, 0.2) is 0 Å². The lowest BCUT2D eigenvalue weighted by atomic mass is 10.0. The van der Waals surface area contributed by atoms with Crippen molar-refractivity contribution < 1.29 is 27.5 Å². The van der Waals surface area contributed by atoms with Crippen LogP contribution in [-0.2, 0) is 15.7 Å². The zero-order valence-electron chi connectivity index (χ0n) is 12.5. The molecular weight excluding hydrogens is 313 g/mol. The highest BCUT2D eigenvalue weighted by Crippen LogP contribution is 2.29. The first-order valence-corrected chi connectivity index (χ1v) is 6.64. The molecular formula is C15H15F3N2O3. The van der Waals surface area contributed by atoms with Gasteiger partial charge in [0.25, 0.3) is 5.91 Å². The van der Waals surface area contributed by atoms with Crippen LogP contribution in [0.15, 0.2) is 24.3 Å². The van der Waals surface area contributed by atoms with Gasteiger partial charge in [-0.05, 0) is 37.6 Å². The molecule has 23 heavy (non-hydrogen) atoms. The molecule has 0 fully saturated rings. The summed E-state index contributed by atoms with van der Waals surface area (Å²) in [6.45, 7) is 1.57. The number of amides is 1. The van der Waals surface area contributed by atoms with Crippen LogP contribution in [0, 0.1) is 17.2 Å². The van der Waals surface area contributed by atoms with Crippen molar-refractivity contribution in [1.82, 2.24) is 5.32 Å². The molecule has 0 aliphatic carbocycles. The number of nitrogens with zero attached hydrogens (tertiary/aromatic N) is 1. The molecule has 1 amide bonds. The number of ether oxygens (including phenoxy) is 1. The molecule has 0 aliphatic rings. The third-order valence-electron chi connectivity index (χ3n) is 3.08. The molecule has 0 bridgehead atoms. The quantitative estimate of drug-likeness (QED) is 0.843. The van der Waals surface area contributed by atoms with Gasteiger partial charge in [-0.1, -0.05) is 0 Å². The van der Waals surface area contributed by atoms with Gasteiger partial charge in [-0.15, -0.1) is 0 Å². The van der Waals surface area contributed by atoms with E-state index in [1.165, 1.54) is 0 Å². The van der Waals surface area contributed by atoms with Crippen molar-refractivity contribution >= 4 is 11.9 Å². The first-order valence-electron chi connectivity index (χ1n) is 6.64. The number of nitriles is 1. The summed E-state index contributed by atoms with van der Waals surface area (Å²) in [5.41, 5.74) is -0.909. The lowest BCUT2D eigenvalue weighted by Gasteiger charge is -2.17. The molecule has 1 N–H and O–H groups in total. The summed E-state index contributed by atoms with van der Waals surface area (Å²) >= 11 is 0. The van der Waals surface area contributed by atoms with Crippen LogP contribution >= 0.6 is 0 Å². The van der Waals surface area contributed by atoms with E-state index in [1.54, 1.807) is 6.92 Å². The van der Waals surface area contributed by atoms with Crippen molar-refractivity contribution in [3.05, 3.63) is 35.4 Å².